The van der Waals surface area contributed by atoms with Crippen molar-refractivity contribution in [2.45, 2.75) is 25.4 Å². The summed E-state index contributed by atoms with van der Waals surface area (Å²) in [5.41, 5.74) is 1.05. The molecule has 2 fully saturated rings. The quantitative estimate of drug-likeness (QED) is 0.906. The van der Waals surface area contributed by atoms with E-state index in [1.165, 1.54) is 0 Å². The van der Waals surface area contributed by atoms with Crippen molar-refractivity contribution in [2.75, 3.05) is 39.4 Å². The Morgan fingerprint density at radius 3 is 2.75 bits per heavy atom. The fourth-order valence-electron chi connectivity index (χ4n) is 3.73. The number of rotatable bonds is 3. The summed E-state index contributed by atoms with van der Waals surface area (Å²) < 4.78 is 11.2. The molecule has 2 saturated heterocycles. The van der Waals surface area contributed by atoms with Crippen molar-refractivity contribution in [2.24, 2.45) is 0 Å². The minimum absolute atomic E-state index is 0.0687. The first-order valence-corrected chi connectivity index (χ1v) is 8.93. The molecule has 0 saturated carbocycles. The van der Waals surface area contributed by atoms with Gasteiger partial charge in [0.15, 0.2) is 11.5 Å². The molecule has 2 amide bonds. The lowest BCUT2D eigenvalue weighted by molar-refractivity contribution is 0.121. The van der Waals surface area contributed by atoms with Crippen LogP contribution < -0.4 is 14.8 Å². The molecule has 1 N–H and O–H groups in total. The molecule has 1 aromatic rings. The second kappa shape index (κ2) is 6.69. The molecule has 1 unspecified atom stereocenters. The number of halogens is 1. The van der Waals surface area contributed by atoms with E-state index >= 15 is 0 Å². The maximum Gasteiger partial charge on any atom is 0.317 e. The first-order chi connectivity index (χ1) is 11.7. The van der Waals surface area contributed by atoms with Gasteiger partial charge in [0.2, 0.25) is 0 Å². The molecule has 3 aliphatic heterocycles. The highest BCUT2D eigenvalue weighted by Crippen LogP contribution is 2.36. The van der Waals surface area contributed by atoms with Gasteiger partial charge in [-0.25, -0.2) is 4.79 Å². The van der Waals surface area contributed by atoms with Gasteiger partial charge < -0.3 is 19.7 Å². The smallest absolute Gasteiger partial charge is 0.317 e. The first kappa shape index (κ1) is 15.8. The average Bonchev–Trinajstić information content (AvgIpc) is 3.02. The Bertz CT molecular complexity index is 640. The van der Waals surface area contributed by atoms with Crippen LogP contribution in [-0.4, -0.2) is 61.3 Å². The standard InChI is InChI=1S/C17H22ClN3O3/c18-14-9-16-15(23-6-7-24-16)8-12(14)10-20-4-1-2-13(11-20)21-5-3-19-17(21)22/h8-9,13H,1-7,10-11H2,(H,19,22). The molecule has 3 aliphatic rings. The van der Waals surface area contributed by atoms with Crippen molar-refractivity contribution in [1.82, 2.24) is 15.1 Å². The highest BCUT2D eigenvalue weighted by molar-refractivity contribution is 6.31. The third-order valence-electron chi connectivity index (χ3n) is 4.92. The van der Waals surface area contributed by atoms with E-state index in [2.05, 4.69) is 10.2 Å². The van der Waals surface area contributed by atoms with Crippen molar-refractivity contribution in [3.63, 3.8) is 0 Å². The molecule has 4 rings (SSSR count). The molecule has 0 spiro atoms. The zero-order chi connectivity index (χ0) is 16.5. The largest absolute Gasteiger partial charge is 0.486 e. The van der Waals surface area contributed by atoms with Crippen LogP contribution in [0.25, 0.3) is 0 Å². The Kier molecular flexibility index (Phi) is 4.41. The topological polar surface area (TPSA) is 54.0 Å². The van der Waals surface area contributed by atoms with Crippen LogP contribution in [0.2, 0.25) is 5.02 Å². The number of fused-ring (bicyclic) bond motifs is 1. The van der Waals surface area contributed by atoms with Crippen molar-refractivity contribution in [1.29, 1.82) is 0 Å². The van der Waals surface area contributed by atoms with Crippen LogP contribution in [0.15, 0.2) is 12.1 Å². The van der Waals surface area contributed by atoms with E-state index in [1.807, 2.05) is 17.0 Å². The minimum Gasteiger partial charge on any atom is -0.486 e. The van der Waals surface area contributed by atoms with Gasteiger partial charge >= 0.3 is 6.03 Å². The van der Waals surface area contributed by atoms with Gasteiger partial charge in [0, 0.05) is 43.3 Å². The molecule has 0 aromatic heterocycles. The summed E-state index contributed by atoms with van der Waals surface area (Å²) >= 11 is 6.43. The summed E-state index contributed by atoms with van der Waals surface area (Å²) in [6.07, 6.45) is 2.16. The van der Waals surface area contributed by atoms with Gasteiger partial charge in [-0.05, 0) is 31.0 Å². The van der Waals surface area contributed by atoms with Gasteiger partial charge in [-0.2, -0.15) is 0 Å². The maximum absolute atomic E-state index is 11.9. The zero-order valence-corrected chi connectivity index (χ0v) is 14.3. The summed E-state index contributed by atoms with van der Waals surface area (Å²) in [6, 6.07) is 4.19. The summed E-state index contributed by atoms with van der Waals surface area (Å²) in [5, 5.41) is 3.60. The highest BCUT2D eigenvalue weighted by atomic mass is 35.5. The van der Waals surface area contributed by atoms with Crippen molar-refractivity contribution < 1.29 is 14.3 Å². The molecular formula is C17H22ClN3O3. The minimum atomic E-state index is 0.0687. The van der Waals surface area contributed by atoms with E-state index in [0.717, 1.165) is 62.6 Å². The zero-order valence-electron chi connectivity index (χ0n) is 13.6. The Morgan fingerprint density at radius 2 is 2.00 bits per heavy atom. The van der Waals surface area contributed by atoms with E-state index in [-0.39, 0.29) is 12.1 Å². The van der Waals surface area contributed by atoms with Crippen LogP contribution in [0.5, 0.6) is 11.5 Å². The number of benzene rings is 1. The van der Waals surface area contributed by atoms with Gasteiger partial charge in [0.05, 0.1) is 0 Å². The molecule has 3 heterocycles. The van der Waals surface area contributed by atoms with E-state index in [9.17, 15) is 4.79 Å². The van der Waals surface area contributed by atoms with Crippen LogP contribution in [0.4, 0.5) is 4.79 Å². The Hall–Kier alpha value is -1.66. The number of hydrogen-bond acceptors (Lipinski definition) is 4. The van der Waals surface area contributed by atoms with Gasteiger partial charge in [-0.3, -0.25) is 4.90 Å². The van der Waals surface area contributed by atoms with Gasteiger partial charge in [0.25, 0.3) is 0 Å². The number of likely N-dealkylation sites (tertiary alicyclic amines) is 1. The number of urea groups is 1. The second-order valence-corrected chi connectivity index (χ2v) is 6.95. The number of amides is 2. The molecular weight excluding hydrogens is 330 g/mol. The number of ether oxygens (including phenoxy) is 2. The number of piperidine rings is 1. The highest BCUT2D eigenvalue weighted by Gasteiger charge is 2.31. The monoisotopic (exact) mass is 351 g/mol. The molecule has 6 nitrogen and oxygen atoms in total. The maximum atomic E-state index is 11.9. The normalized spacial score (nSPS) is 24.1. The van der Waals surface area contributed by atoms with Crippen LogP contribution in [-0.2, 0) is 6.54 Å². The Labute approximate surface area is 146 Å². The first-order valence-electron chi connectivity index (χ1n) is 8.55. The molecule has 130 valence electrons. The van der Waals surface area contributed by atoms with Crippen molar-refractivity contribution >= 4 is 17.6 Å². The number of carbonyl (C=O) groups excluding carboxylic acids is 1. The van der Waals surface area contributed by atoms with Crippen LogP contribution in [0.3, 0.4) is 0 Å². The molecule has 0 aliphatic carbocycles. The third kappa shape index (κ3) is 3.13. The lowest BCUT2D eigenvalue weighted by atomic mass is 10.0. The Balaban J connectivity index is 1.46. The fraction of sp³-hybridized carbons (Fsp3) is 0.588. The molecule has 24 heavy (non-hydrogen) atoms. The third-order valence-corrected chi connectivity index (χ3v) is 5.27. The van der Waals surface area contributed by atoms with Gasteiger partial charge in [-0.1, -0.05) is 11.6 Å². The van der Waals surface area contributed by atoms with E-state index < -0.39 is 0 Å². The lowest BCUT2D eigenvalue weighted by Crippen LogP contribution is -2.48. The summed E-state index contributed by atoms with van der Waals surface area (Å²) in [7, 11) is 0. The second-order valence-electron chi connectivity index (χ2n) is 6.54. The molecule has 7 heteroatoms. The Morgan fingerprint density at radius 1 is 1.21 bits per heavy atom. The van der Waals surface area contributed by atoms with E-state index in [4.69, 9.17) is 21.1 Å². The van der Waals surface area contributed by atoms with E-state index in [1.54, 1.807) is 0 Å². The molecule has 0 radical (unpaired) electrons. The molecule has 1 aromatic carbocycles. The van der Waals surface area contributed by atoms with E-state index in [0.29, 0.717) is 18.2 Å². The number of nitrogens with one attached hydrogen (secondary N) is 1. The van der Waals surface area contributed by atoms with Crippen LogP contribution in [0, 0.1) is 0 Å². The fourth-order valence-corrected chi connectivity index (χ4v) is 3.95. The predicted octanol–water partition coefficient (Wildman–Crippen LogP) is 2.10. The van der Waals surface area contributed by atoms with Gasteiger partial charge in [-0.15, -0.1) is 0 Å². The molecule has 0 bridgehead atoms. The molecule has 1 atom stereocenters. The van der Waals surface area contributed by atoms with Crippen LogP contribution in [0.1, 0.15) is 18.4 Å². The predicted molar refractivity (Wildman–Crippen MR) is 90.8 cm³/mol. The lowest BCUT2D eigenvalue weighted by Gasteiger charge is -2.37. The SMILES string of the molecule is O=C1NCCN1C1CCCN(Cc2cc3c(cc2Cl)OCCO3)C1. The summed E-state index contributed by atoms with van der Waals surface area (Å²) in [5.74, 6) is 1.49. The number of hydrogen-bond donors (Lipinski definition) is 1. The van der Waals surface area contributed by atoms with Crippen molar-refractivity contribution in [3.8, 4) is 11.5 Å². The summed E-state index contributed by atoms with van der Waals surface area (Å²) in [6.45, 7) is 5.38. The number of nitrogens with zero attached hydrogens (tertiary/aromatic N) is 2. The number of carbonyl (C=O) groups is 1. The summed E-state index contributed by atoms with van der Waals surface area (Å²) in [4.78, 5) is 16.2. The van der Waals surface area contributed by atoms with Crippen molar-refractivity contribution in [3.05, 3.63) is 22.7 Å². The van der Waals surface area contributed by atoms with Gasteiger partial charge in [0.1, 0.15) is 13.2 Å². The average molecular weight is 352 g/mol. The van der Waals surface area contributed by atoms with Crippen LogP contribution >= 0.6 is 11.6 Å².